The lowest BCUT2D eigenvalue weighted by molar-refractivity contribution is 0.101. The van der Waals surface area contributed by atoms with E-state index in [4.69, 9.17) is 13.3 Å². The first-order chi connectivity index (χ1) is 7.59. The molecule has 4 nitrogen and oxygen atoms in total. The van der Waals surface area contributed by atoms with Gasteiger partial charge in [-0.2, -0.15) is 0 Å². The lowest BCUT2D eigenvalue weighted by atomic mass is 10.2. The minimum absolute atomic E-state index is 0.0334. The van der Waals surface area contributed by atoms with Crippen molar-refractivity contribution in [3.05, 3.63) is 29.8 Å². The zero-order valence-electron chi connectivity index (χ0n) is 9.94. The molecule has 0 aliphatic heterocycles. The Kier molecular flexibility index (Phi) is 4.37. The zero-order valence-corrected chi connectivity index (χ0v) is 10.9. The fourth-order valence-electron chi connectivity index (χ4n) is 1.51. The van der Waals surface area contributed by atoms with Gasteiger partial charge in [0, 0.05) is 32.1 Å². The molecule has 1 aromatic rings. The molecule has 0 bridgehead atoms. The Morgan fingerprint density at radius 1 is 1.00 bits per heavy atom. The van der Waals surface area contributed by atoms with Crippen LogP contribution in [-0.2, 0) is 13.3 Å². The summed E-state index contributed by atoms with van der Waals surface area (Å²) in [6, 6.07) is 7.10. The smallest absolute Gasteiger partial charge is 0.373 e. The van der Waals surface area contributed by atoms with Gasteiger partial charge < -0.3 is 13.3 Å². The van der Waals surface area contributed by atoms with Crippen molar-refractivity contribution in [1.29, 1.82) is 0 Å². The summed E-state index contributed by atoms with van der Waals surface area (Å²) in [5, 5.41) is 0.838. The van der Waals surface area contributed by atoms with Gasteiger partial charge in [0.2, 0.25) is 0 Å². The summed E-state index contributed by atoms with van der Waals surface area (Å²) in [4.78, 5) is 11.1. The molecule has 5 heteroatoms. The molecule has 0 N–H and O–H groups in total. The number of hydrogen-bond donors (Lipinski definition) is 0. The normalized spacial score (nSPS) is 11.5. The lowest BCUT2D eigenvalue weighted by Crippen LogP contribution is -2.54. The first-order valence-corrected chi connectivity index (χ1v) is 6.59. The molecule has 0 amide bonds. The van der Waals surface area contributed by atoms with Crippen LogP contribution < -0.4 is 5.19 Å². The standard InChI is InChI=1S/C11H16O4Si/c1-9(12)10-5-7-11(8-6-10)16(13-2,14-3)15-4/h5-8H,1-4H3. The van der Waals surface area contributed by atoms with Gasteiger partial charge in [0.05, 0.1) is 0 Å². The summed E-state index contributed by atoms with van der Waals surface area (Å²) in [7, 11) is 1.90. The van der Waals surface area contributed by atoms with Gasteiger partial charge in [-0.3, -0.25) is 4.79 Å². The minimum atomic E-state index is -2.76. The number of rotatable bonds is 5. The maximum atomic E-state index is 11.1. The van der Waals surface area contributed by atoms with Gasteiger partial charge >= 0.3 is 8.80 Å². The first-order valence-electron chi connectivity index (χ1n) is 4.86. The minimum Gasteiger partial charge on any atom is -0.373 e. The van der Waals surface area contributed by atoms with Crippen molar-refractivity contribution in [3.8, 4) is 0 Å². The molecule has 0 aliphatic carbocycles. The van der Waals surface area contributed by atoms with E-state index in [1.54, 1.807) is 45.6 Å². The third-order valence-electron chi connectivity index (χ3n) is 2.45. The molecule has 1 rings (SSSR count). The van der Waals surface area contributed by atoms with Crippen molar-refractivity contribution in [2.45, 2.75) is 6.92 Å². The molecular formula is C11H16O4Si. The van der Waals surface area contributed by atoms with Crippen LogP contribution in [0.15, 0.2) is 24.3 Å². The summed E-state index contributed by atoms with van der Waals surface area (Å²) < 4.78 is 16.0. The molecule has 1 aromatic carbocycles. The molecule has 0 saturated heterocycles. The highest BCUT2D eigenvalue weighted by atomic mass is 28.4. The Bertz CT molecular complexity index is 348. The van der Waals surface area contributed by atoms with Crippen molar-refractivity contribution >= 4 is 19.8 Å². The molecule has 0 atom stereocenters. The first kappa shape index (κ1) is 13.1. The molecule has 0 aliphatic rings. The Morgan fingerprint density at radius 2 is 1.44 bits per heavy atom. The highest BCUT2D eigenvalue weighted by Crippen LogP contribution is 2.08. The number of benzene rings is 1. The average Bonchev–Trinajstić information content (AvgIpc) is 2.33. The van der Waals surface area contributed by atoms with Crippen LogP contribution in [0.3, 0.4) is 0 Å². The number of carbonyl (C=O) groups is 1. The van der Waals surface area contributed by atoms with Crippen LogP contribution in [0.5, 0.6) is 0 Å². The molecule has 0 fully saturated rings. The summed E-state index contributed by atoms with van der Waals surface area (Å²) in [6.07, 6.45) is 0. The van der Waals surface area contributed by atoms with Crippen LogP contribution in [0.2, 0.25) is 0 Å². The fraction of sp³-hybridized carbons (Fsp3) is 0.364. The predicted octanol–water partition coefficient (Wildman–Crippen LogP) is 0.974. The molecule has 0 radical (unpaired) electrons. The van der Waals surface area contributed by atoms with E-state index < -0.39 is 8.80 Å². The van der Waals surface area contributed by atoms with E-state index in [1.807, 2.05) is 0 Å². The van der Waals surface area contributed by atoms with Gasteiger partial charge in [0.15, 0.2) is 5.78 Å². The van der Waals surface area contributed by atoms with Crippen LogP contribution in [0.25, 0.3) is 0 Å². The van der Waals surface area contributed by atoms with Crippen LogP contribution in [0.4, 0.5) is 0 Å². The molecule has 0 heterocycles. The van der Waals surface area contributed by atoms with Gasteiger partial charge in [-0.15, -0.1) is 0 Å². The SMILES string of the molecule is CO[Si](OC)(OC)c1ccc(C(C)=O)cc1. The second-order valence-electron chi connectivity index (χ2n) is 3.30. The number of ketones is 1. The Morgan fingerprint density at radius 3 is 1.75 bits per heavy atom. The predicted molar refractivity (Wildman–Crippen MR) is 62.9 cm³/mol. The van der Waals surface area contributed by atoms with Crippen LogP contribution in [0.1, 0.15) is 17.3 Å². The van der Waals surface area contributed by atoms with E-state index in [1.165, 1.54) is 6.92 Å². The van der Waals surface area contributed by atoms with Gasteiger partial charge in [-0.05, 0) is 6.92 Å². The second kappa shape index (κ2) is 5.36. The zero-order chi connectivity index (χ0) is 12.2. The Labute approximate surface area is 96.5 Å². The van der Waals surface area contributed by atoms with Crippen LogP contribution in [0, 0.1) is 0 Å². The summed E-state index contributed by atoms with van der Waals surface area (Å²) in [5.74, 6) is 0.0334. The van der Waals surface area contributed by atoms with E-state index in [0.29, 0.717) is 5.56 Å². The molecule has 16 heavy (non-hydrogen) atoms. The molecule has 0 unspecified atom stereocenters. The molecule has 88 valence electrons. The van der Waals surface area contributed by atoms with E-state index in [-0.39, 0.29) is 5.78 Å². The van der Waals surface area contributed by atoms with Crippen molar-refractivity contribution in [3.63, 3.8) is 0 Å². The van der Waals surface area contributed by atoms with E-state index in [9.17, 15) is 4.79 Å². The monoisotopic (exact) mass is 240 g/mol. The van der Waals surface area contributed by atoms with Gasteiger partial charge in [0.25, 0.3) is 0 Å². The molecular weight excluding hydrogens is 224 g/mol. The highest BCUT2D eigenvalue weighted by Gasteiger charge is 2.40. The molecule has 0 spiro atoms. The maximum Gasteiger partial charge on any atom is 0.536 e. The van der Waals surface area contributed by atoms with Gasteiger partial charge in [-0.1, -0.05) is 24.3 Å². The second-order valence-corrected chi connectivity index (χ2v) is 6.22. The maximum absolute atomic E-state index is 11.1. The van der Waals surface area contributed by atoms with Crippen molar-refractivity contribution in [1.82, 2.24) is 0 Å². The van der Waals surface area contributed by atoms with E-state index in [2.05, 4.69) is 0 Å². The summed E-state index contributed by atoms with van der Waals surface area (Å²) in [5.41, 5.74) is 0.662. The largest absolute Gasteiger partial charge is 0.536 e. The third-order valence-corrected chi connectivity index (χ3v) is 5.10. The average molecular weight is 240 g/mol. The Balaban J connectivity index is 3.08. The number of Topliss-reactive ketones (excluding diaryl/α,β-unsaturated/α-hetero) is 1. The fourth-order valence-corrected chi connectivity index (χ4v) is 3.29. The third kappa shape index (κ3) is 2.38. The summed E-state index contributed by atoms with van der Waals surface area (Å²) in [6.45, 7) is 1.53. The van der Waals surface area contributed by atoms with E-state index in [0.717, 1.165) is 5.19 Å². The summed E-state index contributed by atoms with van der Waals surface area (Å²) >= 11 is 0. The highest BCUT2D eigenvalue weighted by molar-refractivity contribution is 6.75. The van der Waals surface area contributed by atoms with Crippen molar-refractivity contribution in [2.75, 3.05) is 21.3 Å². The van der Waals surface area contributed by atoms with E-state index >= 15 is 0 Å². The van der Waals surface area contributed by atoms with Gasteiger partial charge in [-0.25, -0.2) is 0 Å². The topological polar surface area (TPSA) is 44.8 Å². The number of hydrogen-bond acceptors (Lipinski definition) is 4. The lowest BCUT2D eigenvalue weighted by Gasteiger charge is -2.24. The molecule has 0 aromatic heterocycles. The van der Waals surface area contributed by atoms with Gasteiger partial charge in [0.1, 0.15) is 0 Å². The Hall–Kier alpha value is -1.01. The van der Waals surface area contributed by atoms with Crippen molar-refractivity contribution in [2.24, 2.45) is 0 Å². The van der Waals surface area contributed by atoms with Crippen LogP contribution >= 0.6 is 0 Å². The number of carbonyl (C=O) groups excluding carboxylic acids is 1. The quantitative estimate of drug-likeness (QED) is 0.568. The van der Waals surface area contributed by atoms with Crippen molar-refractivity contribution < 1.29 is 18.1 Å². The molecule has 0 saturated carbocycles. The van der Waals surface area contributed by atoms with Crippen LogP contribution in [-0.4, -0.2) is 35.9 Å².